The van der Waals surface area contributed by atoms with Crippen molar-refractivity contribution >= 4 is 47.1 Å². The van der Waals surface area contributed by atoms with E-state index in [-0.39, 0.29) is 22.9 Å². The Bertz CT molecular complexity index is 901. The minimum Gasteiger partial charge on any atom is -0.505 e. The maximum absolute atomic E-state index is 12.5. The molecule has 1 fully saturated rings. The molecule has 0 spiro atoms. The third-order valence-corrected chi connectivity index (χ3v) is 15.5. The van der Waals surface area contributed by atoms with Gasteiger partial charge in [-0.15, -0.1) is 0 Å². The first-order valence-electron chi connectivity index (χ1n) is 16.5. The van der Waals surface area contributed by atoms with Crippen LogP contribution in [0.2, 0.25) is 12.1 Å². The first-order valence-corrected chi connectivity index (χ1v) is 22.0. The Morgan fingerprint density at radius 1 is 1.09 bits per heavy atom. The largest absolute Gasteiger partial charge is 0.566 e. The van der Waals surface area contributed by atoms with E-state index >= 15 is 0 Å². The SMILES string of the molecule is CCCCCCCC(=O)SCCC[Si]1(OC(C)(C)CC(C)O[Si]2(CCCS)OC(C)CC(C)(C)O2)OC(C)=CC(C)(C)O1. The van der Waals surface area contributed by atoms with Gasteiger partial charge in [0.05, 0.1) is 22.6 Å². The van der Waals surface area contributed by atoms with Crippen LogP contribution in [0, 0.1) is 0 Å². The van der Waals surface area contributed by atoms with Crippen LogP contribution in [0.3, 0.4) is 0 Å². The van der Waals surface area contributed by atoms with Crippen LogP contribution in [0.15, 0.2) is 11.8 Å². The molecule has 0 aromatic heterocycles. The zero-order chi connectivity index (χ0) is 32.4. The molecule has 0 aromatic carbocycles. The van der Waals surface area contributed by atoms with E-state index in [1.54, 1.807) is 0 Å². The van der Waals surface area contributed by atoms with Crippen molar-refractivity contribution in [3.63, 3.8) is 0 Å². The van der Waals surface area contributed by atoms with Crippen molar-refractivity contribution in [2.75, 3.05) is 11.5 Å². The summed E-state index contributed by atoms with van der Waals surface area (Å²) >= 11 is 5.88. The predicted molar refractivity (Wildman–Crippen MR) is 186 cm³/mol. The minimum atomic E-state index is -3.13. The van der Waals surface area contributed by atoms with Gasteiger partial charge >= 0.3 is 17.6 Å². The fourth-order valence-corrected chi connectivity index (χ4v) is 14.7. The number of unbranched alkanes of at least 4 members (excludes halogenated alkanes) is 4. The quantitative estimate of drug-likeness (QED) is 0.0824. The lowest BCUT2D eigenvalue weighted by Gasteiger charge is -2.47. The lowest BCUT2D eigenvalue weighted by molar-refractivity contribution is -0.111. The Morgan fingerprint density at radius 2 is 1.77 bits per heavy atom. The van der Waals surface area contributed by atoms with E-state index in [0.29, 0.717) is 18.9 Å². The first-order chi connectivity index (χ1) is 19.9. The highest BCUT2D eigenvalue weighted by Crippen LogP contribution is 2.39. The van der Waals surface area contributed by atoms with Crippen LogP contribution in [-0.4, -0.2) is 63.2 Å². The first kappa shape index (κ1) is 39.3. The molecule has 4 unspecified atom stereocenters. The molecule has 43 heavy (non-hydrogen) atoms. The molecule has 252 valence electrons. The number of carbonyl (C=O) groups excluding carboxylic acids is 1. The van der Waals surface area contributed by atoms with E-state index < -0.39 is 28.8 Å². The molecular formula is C32H62O7S2Si2. The highest BCUT2D eigenvalue weighted by molar-refractivity contribution is 8.13. The molecule has 2 aliphatic rings. The van der Waals surface area contributed by atoms with Crippen molar-refractivity contribution in [2.45, 2.75) is 175 Å². The maximum Gasteiger partial charge on any atom is 0.566 e. The van der Waals surface area contributed by atoms with Crippen LogP contribution in [0.25, 0.3) is 0 Å². The van der Waals surface area contributed by atoms with Gasteiger partial charge in [-0.05, 0) is 106 Å². The van der Waals surface area contributed by atoms with Gasteiger partial charge in [-0.25, -0.2) is 0 Å². The maximum atomic E-state index is 12.5. The molecule has 1 saturated heterocycles. The second-order valence-electron chi connectivity index (χ2n) is 14.2. The number of hydrogen-bond acceptors (Lipinski definition) is 9. The summed E-state index contributed by atoms with van der Waals surface area (Å²) < 4.78 is 39.9. The van der Waals surface area contributed by atoms with Gasteiger partial charge in [0.25, 0.3) is 0 Å². The molecule has 0 radical (unpaired) electrons. The number of thiol groups is 1. The summed E-state index contributed by atoms with van der Waals surface area (Å²) in [4.78, 5) is 12.5. The van der Waals surface area contributed by atoms with Crippen LogP contribution < -0.4 is 0 Å². The van der Waals surface area contributed by atoms with E-state index in [9.17, 15) is 4.79 Å². The fraction of sp³-hybridized carbons (Fsp3) is 0.906. The van der Waals surface area contributed by atoms with Crippen molar-refractivity contribution in [3.05, 3.63) is 11.8 Å². The third-order valence-electron chi connectivity index (χ3n) is 7.48. The number of allylic oxidation sites excluding steroid dienone is 1. The predicted octanol–water partition coefficient (Wildman–Crippen LogP) is 9.12. The zero-order valence-corrected chi connectivity index (χ0v) is 32.6. The van der Waals surface area contributed by atoms with Crippen LogP contribution in [0.5, 0.6) is 0 Å². The smallest absolute Gasteiger partial charge is 0.505 e. The third kappa shape index (κ3) is 14.6. The van der Waals surface area contributed by atoms with E-state index in [1.807, 2.05) is 13.0 Å². The van der Waals surface area contributed by atoms with E-state index in [2.05, 4.69) is 74.9 Å². The second-order valence-corrected chi connectivity index (χ2v) is 20.9. The molecule has 2 rings (SSSR count). The Morgan fingerprint density at radius 3 is 2.40 bits per heavy atom. The average Bonchev–Trinajstić information content (AvgIpc) is 2.81. The molecule has 0 bridgehead atoms. The second kappa shape index (κ2) is 17.3. The van der Waals surface area contributed by atoms with Gasteiger partial charge in [-0.3, -0.25) is 4.79 Å². The topological polar surface area (TPSA) is 72.5 Å². The fourth-order valence-electron chi connectivity index (χ4n) is 6.38. The number of rotatable bonds is 19. The van der Waals surface area contributed by atoms with E-state index in [1.165, 1.54) is 31.0 Å². The summed E-state index contributed by atoms with van der Waals surface area (Å²) in [5.41, 5.74) is -1.38. The van der Waals surface area contributed by atoms with Gasteiger partial charge in [0.15, 0.2) is 5.12 Å². The average molecular weight is 679 g/mol. The monoisotopic (exact) mass is 678 g/mol. The highest BCUT2D eigenvalue weighted by atomic mass is 32.2. The van der Waals surface area contributed by atoms with Crippen LogP contribution in [0.4, 0.5) is 0 Å². The van der Waals surface area contributed by atoms with Gasteiger partial charge < -0.3 is 26.6 Å². The number of carbonyl (C=O) groups is 1. The molecule has 11 heteroatoms. The zero-order valence-electron chi connectivity index (χ0n) is 28.8. The summed E-state index contributed by atoms with van der Waals surface area (Å²) in [5.74, 6) is 2.33. The van der Waals surface area contributed by atoms with Crippen LogP contribution >= 0.6 is 24.4 Å². The van der Waals surface area contributed by atoms with Crippen LogP contribution in [0.1, 0.15) is 133 Å². The molecule has 0 N–H and O–H groups in total. The molecular weight excluding hydrogens is 617 g/mol. The Balaban J connectivity index is 2.06. The van der Waals surface area contributed by atoms with Crippen molar-refractivity contribution in [3.8, 4) is 0 Å². The molecule has 2 heterocycles. The van der Waals surface area contributed by atoms with Gasteiger partial charge in [0.1, 0.15) is 0 Å². The summed E-state index contributed by atoms with van der Waals surface area (Å²) in [7, 11) is -6.05. The van der Waals surface area contributed by atoms with Gasteiger partial charge in [0, 0.05) is 36.5 Å². The van der Waals surface area contributed by atoms with E-state index in [0.717, 1.165) is 55.4 Å². The highest BCUT2D eigenvalue weighted by Gasteiger charge is 2.55. The molecule has 0 aromatic rings. The van der Waals surface area contributed by atoms with Crippen molar-refractivity contribution in [1.82, 2.24) is 0 Å². The molecule has 0 amide bonds. The minimum absolute atomic E-state index is 0.0781. The molecule has 2 aliphatic heterocycles. The molecule has 4 atom stereocenters. The summed E-state index contributed by atoms with van der Waals surface area (Å²) in [6, 6.07) is 1.39. The van der Waals surface area contributed by atoms with Gasteiger partial charge in [-0.2, -0.15) is 12.6 Å². The van der Waals surface area contributed by atoms with Crippen LogP contribution in [-0.2, 0) is 31.4 Å². The molecule has 0 aliphatic carbocycles. The van der Waals surface area contributed by atoms with E-state index in [4.69, 9.17) is 26.6 Å². The molecule has 0 saturated carbocycles. The number of hydrogen-bond donors (Lipinski definition) is 1. The Kier molecular flexibility index (Phi) is 15.9. The lowest BCUT2D eigenvalue weighted by atomic mass is 10.0. The van der Waals surface area contributed by atoms with Crippen molar-refractivity contribution in [1.29, 1.82) is 0 Å². The lowest BCUT2D eigenvalue weighted by Crippen LogP contribution is -2.60. The number of thioether (sulfide) groups is 1. The normalized spacial score (nSPS) is 27.8. The Hall–Kier alpha value is 0.144. The molecule has 7 nitrogen and oxygen atoms in total. The standard InChI is InChI=1S/C32H62O7S2Si2/c1-11-12-13-14-15-18-29(33)41-20-17-22-43(36-28(4)25-32(9,10)39-43)38-31(7,8)24-27(3)35-42(21-16-19-40)34-26(2)23-30(5,6)37-42/h25-27,40H,11-24H2,1-10H3. The summed E-state index contributed by atoms with van der Waals surface area (Å²) in [6.45, 7) is 20.9. The van der Waals surface area contributed by atoms with Gasteiger partial charge in [0.2, 0.25) is 0 Å². The van der Waals surface area contributed by atoms with Gasteiger partial charge in [-0.1, -0.05) is 44.4 Å². The Labute approximate surface area is 275 Å². The summed E-state index contributed by atoms with van der Waals surface area (Å²) in [6.07, 6.45) is 11.5. The van der Waals surface area contributed by atoms with Crippen molar-refractivity contribution in [2.24, 2.45) is 0 Å². The van der Waals surface area contributed by atoms with Crippen molar-refractivity contribution < 1.29 is 31.4 Å². The summed E-state index contributed by atoms with van der Waals surface area (Å²) in [5, 5.41) is 0.280.